The number of hydrogen-bond acceptors (Lipinski definition) is 3. The number of esters is 2. The van der Waals surface area contributed by atoms with E-state index in [0.717, 1.165) is 19.3 Å². The van der Waals surface area contributed by atoms with Gasteiger partial charge in [0.15, 0.2) is 0 Å². The van der Waals surface area contributed by atoms with Gasteiger partial charge in [-0.15, -0.1) is 0 Å². The van der Waals surface area contributed by atoms with Crippen molar-refractivity contribution >= 4 is 11.9 Å². The summed E-state index contributed by atoms with van der Waals surface area (Å²) in [5, 5.41) is 0. The molecule has 0 N–H and O–H groups in total. The molecule has 0 fully saturated rings. The molecule has 3 nitrogen and oxygen atoms in total. The number of carbonyl (C=O) groups is 2. The van der Waals surface area contributed by atoms with Crippen molar-refractivity contribution < 1.29 is 27.5 Å². The lowest BCUT2D eigenvalue weighted by Gasteiger charge is -2.05. The Bertz CT molecular complexity index is 306. The summed E-state index contributed by atoms with van der Waals surface area (Å²) in [5.41, 5.74) is 0.0127. The predicted molar refractivity (Wildman–Crippen MR) is 55.1 cm³/mol. The molecule has 0 saturated heterocycles. The lowest BCUT2D eigenvalue weighted by Crippen LogP contribution is -2.28. The van der Waals surface area contributed by atoms with Crippen molar-refractivity contribution in [2.24, 2.45) is 0 Å². The van der Waals surface area contributed by atoms with Crippen LogP contribution in [-0.4, -0.2) is 18.1 Å². The lowest BCUT2D eigenvalue weighted by atomic mass is 10.1. The van der Waals surface area contributed by atoms with E-state index in [1.807, 2.05) is 6.92 Å². The third kappa shape index (κ3) is 6.76. The first-order valence-corrected chi connectivity index (χ1v) is 5.29. The van der Waals surface area contributed by atoms with Crippen molar-refractivity contribution in [3.63, 3.8) is 0 Å². The first kappa shape index (κ1) is 15.7. The van der Waals surface area contributed by atoms with Gasteiger partial charge in [0.25, 0.3) is 0 Å². The maximum Gasteiger partial charge on any atom is 0.491 e. The minimum atomic E-state index is -5.14. The average Bonchev–Trinajstić information content (AvgIpc) is 2.22. The quantitative estimate of drug-likeness (QED) is 0.327. The summed E-state index contributed by atoms with van der Waals surface area (Å²) in [6.07, 6.45) is -0.271. The van der Waals surface area contributed by atoms with Crippen molar-refractivity contribution in [3.8, 4) is 0 Å². The van der Waals surface area contributed by atoms with E-state index in [1.165, 1.54) is 13.0 Å². The van der Waals surface area contributed by atoms with E-state index in [-0.39, 0.29) is 5.57 Å². The second-order valence-corrected chi connectivity index (χ2v) is 3.56. The zero-order valence-corrected chi connectivity index (χ0v) is 9.76. The lowest BCUT2D eigenvalue weighted by molar-refractivity contribution is -0.200. The Morgan fingerprint density at radius 2 is 1.82 bits per heavy atom. The zero-order valence-electron chi connectivity index (χ0n) is 9.76. The number of rotatable bonds is 5. The summed E-state index contributed by atoms with van der Waals surface area (Å²) in [7, 11) is 0. The minimum Gasteiger partial charge on any atom is -0.383 e. The Balaban J connectivity index is 4.18. The van der Waals surface area contributed by atoms with Crippen molar-refractivity contribution in [2.75, 3.05) is 0 Å². The number of ether oxygens (including phenoxy) is 1. The minimum absolute atomic E-state index is 0.0127. The molecular formula is C11H15F3O3. The van der Waals surface area contributed by atoms with Crippen LogP contribution in [0.1, 0.15) is 39.5 Å². The molecule has 0 rings (SSSR count). The topological polar surface area (TPSA) is 43.4 Å². The van der Waals surface area contributed by atoms with E-state index in [4.69, 9.17) is 0 Å². The number of unbranched alkanes of at least 4 members (excludes halogenated alkanes) is 3. The molecule has 0 atom stereocenters. The molecule has 17 heavy (non-hydrogen) atoms. The van der Waals surface area contributed by atoms with Crippen LogP contribution in [0.5, 0.6) is 0 Å². The molecule has 0 aliphatic rings. The van der Waals surface area contributed by atoms with E-state index in [9.17, 15) is 22.8 Å². The smallest absolute Gasteiger partial charge is 0.383 e. The van der Waals surface area contributed by atoms with Crippen molar-refractivity contribution in [1.29, 1.82) is 0 Å². The molecule has 0 radical (unpaired) electrons. The maximum absolute atomic E-state index is 11.8. The predicted octanol–water partition coefficient (Wildman–Crippen LogP) is 3.15. The Morgan fingerprint density at radius 1 is 1.24 bits per heavy atom. The van der Waals surface area contributed by atoms with E-state index in [1.54, 1.807) is 0 Å². The second-order valence-electron chi connectivity index (χ2n) is 3.56. The van der Waals surface area contributed by atoms with Crippen LogP contribution in [0.4, 0.5) is 13.2 Å². The van der Waals surface area contributed by atoms with Crippen LogP contribution in [-0.2, 0) is 14.3 Å². The van der Waals surface area contributed by atoms with E-state index in [0.29, 0.717) is 6.42 Å². The van der Waals surface area contributed by atoms with Crippen LogP contribution >= 0.6 is 0 Å². The van der Waals surface area contributed by atoms with Crippen LogP contribution in [0.15, 0.2) is 11.6 Å². The Labute approximate surface area is 97.6 Å². The molecule has 0 spiro atoms. The van der Waals surface area contributed by atoms with Gasteiger partial charge in [0.2, 0.25) is 0 Å². The standard InChI is InChI=1S/C11H15F3O3/c1-3-4-5-6-7-8(2)9(15)17-10(16)11(12,13)14/h7H,3-6H2,1-2H3/b8-7+. The normalized spacial score (nSPS) is 12.4. The Kier molecular flexibility index (Phi) is 6.53. The first-order valence-electron chi connectivity index (χ1n) is 5.29. The molecule has 0 aromatic heterocycles. The monoisotopic (exact) mass is 252 g/mol. The number of carbonyl (C=O) groups excluding carboxylic acids is 2. The van der Waals surface area contributed by atoms with Gasteiger partial charge in [-0.1, -0.05) is 25.8 Å². The summed E-state index contributed by atoms with van der Waals surface area (Å²) < 4.78 is 39.0. The average molecular weight is 252 g/mol. The Morgan fingerprint density at radius 3 is 2.29 bits per heavy atom. The Hall–Kier alpha value is -1.33. The van der Waals surface area contributed by atoms with Crippen LogP contribution in [0.2, 0.25) is 0 Å². The van der Waals surface area contributed by atoms with Crippen LogP contribution in [0.3, 0.4) is 0 Å². The third-order valence-electron chi connectivity index (χ3n) is 2.00. The summed E-state index contributed by atoms with van der Waals surface area (Å²) in [4.78, 5) is 21.4. The SMILES string of the molecule is CCCCC/C=C(\C)C(=O)OC(=O)C(F)(F)F. The molecule has 0 unspecified atom stereocenters. The van der Waals surface area contributed by atoms with Gasteiger partial charge < -0.3 is 4.74 Å². The van der Waals surface area contributed by atoms with Crippen LogP contribution in [0.25, 0.3) is 0 Å². The van der Waals surface area contributed by atoms with Gasteiger partial charge >= 0.3 is 18.1 Å². The molecule has 0 amide bonds. The fraction of sp³-hybridized carbons (Fsp3) is 0.636. The summed E-state index contributed by atoms with van der Waals surface area (Å²) in [6.45, 7) is 3.32. The first-order chi connectivity index (χ1) is 7.79. The number of hydrogen-bond donors (Lipinski definition) is 0. The highest BCUT2D eigenvalue weighted by atomic mass is 19.4. The number of halogens is 3. The van der Waals surface area contributed by atoms with Crippen molar-refractivity contribution in [2.45, 2.75) is 45.7 Å². The summed E-state index contributed by atoms with van der Waals surface area (Å²) in [5.74, 6) is -3.73. The van der Waals surface area contributed by atoms with Gasteiger partial charge in [0.1, 0.15) is 0 Å². The van der Waals surface area contributed by atoms with E-state index in [2.05, 4.69) is 4.74 Å². The molecule has 0 bridgehead atoms. The van der Waals surface area contributed by atoms with Gasteiger partial charge in [-0.3, -0.25) is 0 Å². The van der Waals surface area contributed by atoms with Crippen LogP contribution < -0.4 is 0 Å². The third-order valence-corrected chi connectivity index (χ3v) is 2.00. The second kappa shape index (κ2) is 7.09. The van der Waals surface area contributed by atoms with Crippen molar-refractivity contribution in [1.82, 2.24) is 0 Å². The van der Waals surface area contributed by atoms with Crippen molar-refractivity contribution in [3.05, 3.63) is 11.6 Å². The molecular weight excluding hydrogens is 237 g/mol. The highest BCUT2D eigenvalue weighted by Crippen LogP contribution is 2.17. The van der Waals surface area contributed by atoms with Crippen LogP contribution in [0, 0.1) is 0 Å². The fourth-order valence-corrected chi connectivity index (χ4v) is 1.02. The van der Waals surface area contributed by atoms with E-state index < -0.39 is 18.1 Å². The maximum atomic E-state index is 11.8. The molecule has 0 aliphatic carbocycles. The molecule has 0 aromatic rings. The van der Waals surface area contributed by atoms with Gasteiger partial charge in [0.05, 0.1) is 0 Å². The molecule has 0 saturated carbocycles. The highest BCUT2D eigenvalue weighted by molar-refractivity contribution is 5.97. The van der Waals surface area contributed by atoms with Gasteiger partial charge in [0, 0.05) is 5.57 Å². The summed E-state index contributed by atoms with van der Waals surface area (Å²) >= 11 is 0. The molecule has 0 aliphatic heterocycles. The van der Waals surface area contributed by atoms with Gasteiger partial charge in [-0.25, -0.2) is 9.59 Å². The number of alkyl halides is 3. The molecule has 6 heteroatoms. The molecule has 98 valence electrons. The van der Waals surface area contributed by atoms with Gasteiger partial charge in [-0.2, -0.15) is 13.2 Å². The largest absolute Gasteiger partial charge is 0.491 e. The molecule has 0 heterocycles. The van der Waals surface area contributed by atoms with E-state index >= 15 is 0 Å². The van der Waals surface area contributed by atoms with Gasteiger partial charge in [-0.05, 0) is 19.8 Å². The zero-order chi connectivity index (χ0) is 13.5. The summed E-state index contributed by atoms with van der Waals surface area (Å²) in [6, 6.07) is 0. The molecule has 0 aromatic carbocycles. The fourth-order valence-electron chi connectivity index (χ4n) is 1.02. The number of allylic oxidation sites excluding steroid dienone is 1. The highest BCUT2D eigenvalue weighted by Gasteiger charge is 2.42.